The van der Waals surface area contributed by atoms with Gasteiger partial charge in [0, 0.05) is 28.0 Å². The zero-order chi connectivity index (χ0) is 14.9. The first-order valence-electron chi connectivity index (χ1n) is 5.19. The fraction of sp³-hybridized carbons (Fsp3) is 0.0909. The summed E-state index contributed by atoms with van der Waals surface area (Å²) in [5.74, 6) is -2.07. The molecule has 106 valence electrons. The van der Waals surface area contributed by atoms with Crippen LogP contribution in [0.1, 0.15) is 4.88 Å². The van der Waals surface area contributed by atoms with Crippen molar-refractivity contribution in [3.63, 3.8) is 0 Å². The molecule has 0 atom stereocenters. The summed E-state index contributed by atoms with van der Waals surface area (Å²) in [7, 11) is 0. The number of nitrogens with zero attached hydrogens (tertiary/aromatic N) is 1. The molecule has 0 bridgehead atoms. The molecule has 4 nitrogen and oxygen atoms in total. The quantitative estimate of drug-likeness (QED) is 0.547. The van der Waals surface area contributed by atoms with Gasteiger partial charge in [0.25, 0.3) is 0 Å². The van der Waals surface area contributed by atoms with E-state index < -0.39 is 22.2 Å². The standard InChI is InChI=1S/C11H6Br2F2N2O2S/c12-6-1-5(20-11(6)13)4-16-9-3-10(17(18)19)8(15)2-7(9)14/h1-3,16H,4H2. The minimum absolute atomic E-state index is 0.112. The number of benzene rings is 1. The van der Waals surface area contributed by atoms with Gasteiger partial charge in [-0.05, 0) is 37.9 Å². The van der Waals surface area contributed by atoms with Crippen LogP contribution in [0, 0.1) is 21.7 Å². The summed E-state index contributed by atoms with van der Waals surface area (Å²) < 4.78 is 28.5. The van der Waals surface area contributed by atoms with E-state index in [1.54, 1.807) is 0 Å². The Kier molecular flexibility index (Phi) is 4.71. The Labute approximate surface area is 133 Å². The zero-order valence-electron chi connectivity index (χ0n) is 9.62. The first-order valence-corrected chi connectivity index (χ1v) is 7.59. The molecule has 2 rings (SSSR count). The number of rotatable bonds is 4. The molecule has 0 saturated carbocycles. The van der Waals surface area contributed by atoms with Gasteiger partial charge < -0.3 is 5.32 Å². The number of halogens is 4. The van der Waals surface area contributed by atoms with Crippen molar-refractivity contribution in [2.75, 3.05) is 5.32 Å². The second-order valence-corrected chi connectivity index (χ2v) is 7.04. The van der Waals surface area contributed by atoms with Crippen LogP contribution in [0.25, 0.3) is 0 Å². The first-order chi connectivity index (χ1) is 9.38. The van der Waals surface area contributed by atoms with Gasteiger partial charge in [-0.25, -0.2) is 4.39 Å². The number of nitro benzene ring substituents is 1. The smallest absolute Gasteiger partial charge is 0.307 e. The highest BCUT2D eigenvalue weighted by Gasteiger charge is 2.18. The summed E-state index contributed by atoms with van der Waals surface area (Å²) in [5.41, 5.74) is -0.874. The summed E-state index contributed by atoms with van der Waals surface area (Å²) in [6.45, 7) is 0.272. The largest absolute Gasteiger partial charge is 0.378 e. The fourth-order valence-electron chi connectivity index (χ4n) is 1.47. The molecule has 2 aromatic rings. The second kappa shape index (κ2) is 6.15. The third kappa shape index (κ3) is 3.33. The average Bonchev–Trinajstić information content (AvgIpc) is 2.67. The number of nitrogens with one attached hydrogen (secondary N) is 1. The fourth-order valence-corrected chi connectivity index (χ4v) is 3.59. The second-order valence-electron chi connectivity index (χ2n) is 3.73. The molecule has 0 aliphatic rings. The Bertz CT molecular complexity index is 659. The van der Waals surface area contributed by atoms with Crippen LogP contribution >= 0.6 is 43.2 Å². The Morgan fingerprint density at radius 2 is 1.95 bits per heavy atom. The zero-order valence-corrected chi connectivity index (χ0v) is 13.6. The van der Waals surface area contributed by atoms with E-state index in [-0.39, 0.29) is 12.2 Å². The number of thiophene rings is 1. The van der Waals surface area contributed by atoms with Crippen molar-refractivity contribution in [3.05, 3.63) is 53.1 Å². The van der Waals surface area contributed by atoms with Crippen LogP contribution in [-0.2, 0) is 6.54 Å². The van der Waals surface area contributed by atoms with Gasteiger partial charge in [-0.15, -0.1) is 11.3 Å². The lowest BCUT2D eigenvalue weighted by Gasteiger charge is -2.06. The third-order valence-corrected chi connectivity index (χ3v) is 5.64. The molecule has 20 heavy (non-hydrogen) atoms. The van der Waals surface area contributed by atoms with Gasteiger partial charge in [0.05, 0.1) is 14.4 Å². The maximum atomic E-state index is 13.5. The predicted molar refractivity (Wildman–Crippen MR) is 80.1 cm³/mol. The molecular formula is C11H6Br2F2N2O2S. The van der Waals surface area contributed by atoms with E-state index in [9.17, 15) is 18.9 Å². The molecule has 0 saturated heterocycles. The molecule has 0 amide bonds. The van der Waals surface area contributed by atoms with Crippen molar-refractivity contribution in [2.45, 2.75) is 6.54 Å². The van der Waals surface area contributed by atoms with E-state index in [2.05, 4.69) is 37.2 Å². The lowest BCUT2D eigenvalue weighted by molar-refractivity contribution is -0.387. The highest BCUT2D eigenvalue weighted by Crippen LogP contribution is 2.33. The summed E-state index contributed by atoms with van der Waals surface area (Å²) in [5, 5.41) is 13.3. The molecular weight excluding hydrogens is 422 g/mol. The summed E-state index contributed by atoms with van der Waals surface area (Å²) in [4.78, 5) is 10.6. The van der Waals surface area contributed by atoms with Gasteiger partial charge in [0.2, 0.25) is 5.82 Å². The van der Waals surface area contributed by atoms with Crippen molar-refractivity contribution < 1.29 is 13.7 Å². The lowest BCUT2D eigenvalue weighted by atomic mass is 10.2. The Balaban J connectivity index is 2.21. The van der Waals surface area contributed by atoms with Gasteiger partial charge in [0.15, 0.2) is 0 Å². The number of hydrogen-bond acceptors (Lipinski definition) is 4. The van der Waals surface area contributed by atoms with Crippen LogP contribution < -0.4 is 5.32 Å². The minimum atomic E-state index is -1.19. The lowest BCUT2D eigenvalue weighted by Crippen LogP contribution is -2.02. The van der Waals surface area contributed by atoms with Crippen molar-refractivity contribution in [1.82, 2.24) is 0 Å². The Morgan fingerprint density at radius 1 is 1.25 bits per heavy atom. The van der Waals surface area contributed by atoms with Gasteiger partial charge in [-0.2, -0.15) is 4.39 Å². The predicted octanol–water partition coefficient (Wildman–Crippen LogP) is 5.07. The van der Waals surface area contributed by atoms with Gasteiger partial charge >= 0.3 is 5.69 Å². The molecule has 1 N–H and O–H groups in total. The summed E-state index contributed by atoms with van der Waals surface area (Å²) in [6.07, 6.45) is 0. The molecule has 1 heterocycles. The highest BCUT2D eigenvalue weighted by atomic mass is 79.9. The minimum Gasteiger partial charge on any atom is -0.378 e. The number of hydrogen-bond donors (Lipinski definition) is 1. The van der Waals surface area contributed by atoms with Crippen molar-refractivity contribution >= 4 is 54.6 Å². The van der Waals surface area contributed by atoms with E-state index in [1.165, 1.54) is 11.3 Å². The van der Waals surface area contributed by atoms with E-state index in [0.29, 0.717) is 6.07 Å². The van der Waals surface area contributed by atoms with Crippen LogP contribution in [0.3, 0.4) is 0 Å². The van der Waals surface area contributed by atoms with Crippen LogP contribution in [-0.4, -0.2) is 4.92 Å². The van der Waals surface area contributed by atoms with Crippen LogP contribution in [0.15, 0.2) is 26.5 Å². The molecule has 1 aromatic heterocycles. The monoisotopic (exact) mass is 426 g/mol. The molecule has 0 aliphatic carbocycles. The molecule has 0 aliphatic heterocycles. The molecule has 9 heteroatoms. The van der Waals surface area contributed by atoms with Crippen molar-refractivity contribution in [1.29, 1.82) is 0 Å². The number of nitro groups is 1. The van der Waals surface area contributed by atoms with E-state index >= 15 is 0 Å². The van der Waals surface area contributed by atoms with E-state index in [0.717, 1.165) is 19.2 Å². The van der Waals surface area contributed by atoms with Gasteiger partial charge in [0.1, 0.15) is 5.82 Å². The van der Waals surface area contributed by atoms with E-state index in [4.69, 9.17) is 0 Å². The van der Waals surface area contributed by atoms with Gasteiger partial charge in [-0.3, -0.25) is 10.1 Å². The van der Waals surface area contributed by atoms with E-state index in [1.807, 2.05) is 6.07 Å². The maximum Gasteiger partial charge on any atom is 0.307 e. The number of anilines is 1. The average molecular weight is 428 g/mol. The molecule has 0 fully saturated rings. The summed E-state index contributed by atoms with van der Waals surface area (Å²) in [6, 6.07) is 3.18. The molecule has 0 unspecified atom stereocenters. The molecule has 0 radical (unpaired) electrons. The normalized spacial score (nSPS) is 10.6. The maximum absolute atomic E-state index is 13.5. The topological polar surface area (TPSA) is 55.2 Å². The Hall–Kier alpha value is -1.06. The highest BCUT2D eigenvalue weighted by molar-refractivity contribution is 9.13. The SMILES string of the molecule is O=[N+]([O-])c1cc(NCc2cc(Br)c(Br)s2)c(F)cc1F. The Morgan fingerprint density at radius 3 is 2.50 bits per heavy atom. The summed E-state index contributed by atoms with van der Waals surface area (Å²) >= 11 is 8.08. The molecule has 1 aromatic carbocycles. The third-order valence-electron chi connectivity index (χ3n) is 2.38. The first kappa shape index (κ1) is 15.3. The molecule has 0 spiro atoms. The van der Waals surface area contributed by atoms with Crippen molar-refractivity contribution in [2.24, 2.45) is 0 Å². The van der Waals surface area contributed by atoms with Crippen LogP contribution in [0.4, 0.5) is 20.2 Å². The van der Waals surface area contributed by atoms with Crippen molar-refractivity contribution in [3.8, 4) is 0 Å². The van der Waals surface area contributed by atoms with Crippen LogP contribution in [0.5, 0.6) is 0 Å². The van der Waals surface area contributed by atoms with Crippen LogP contribution in [0.2, 0.25) is 0 Å². The van der Waals surface area contributed by atoms with Gasteiger partial charge in [-0.1, -0.05) is 0 Å².